The monoisotopic (exact) mass is 321 g/mol. The molecule has 0 spiro atoms. The largest absolute Gasteiger partial charge is 0.392 e. The summed E-state index contributed by atoms with van der Waals surface area (Å²) < 4.78 is 0. The summed E-state index contributed by atoms with van der Waals surface area (Å²) in [6.45, 7) is -0.180. The lowest BCUT2D eigenvalue weighted by atomic mass is 10.1. The first-order valence-electron chi connectivity index (χ1n) is 4.93. The molecule has 0 aliphatic carbocycles. The van der Waals surface area contributed by atoms with Crippen LogP contribution in [0.25, 0.3) is 11.3 Å². The van der Waals surface area contributed by atoms with Crippen LogP contribution in [-0.2, 0) is 6.61 Å². The molecule has 18 heavy (non-hydrogen) atoms. The van der Waals surface area contributed by atoms with Gasteiger partial charge in [-0.2, -0.15) is 0 Å². The Kier molecular flexibility index (Phi) is 4.36. The first kappa shape index (κ1) is 13.9. The van der Waals surface area contributed by atoms with E-state index in [-0.39, 0.29) is 6.61 Å². The van der Waals surface area contributed by atoms with Crippen LogP contribution in [0.15, 0.2) is 24.4 Å². The predicted octanol–water partition coefficient (Wildman–Crippen LogP) is 4.85. The van der Waals surface area contributed by atoms with Crippen LogP contribution >= 0.6 is 46.4 Å². The van der Waals surface area contributed by atoms with Gasteiger partial charge in [0.2, 0.25) is 0 Å². The molecule has 0 fully saturated rings. The van der Waals surface area contributed by atoms with Gasteiger partial charge in [-0.05, 0) is 23.8 Å². The number of aromatic nitrogens is 1. The molecule has 0 bridgehead atoms. The summed E-state index contributed by atoms with van der Waals surface area (Å²) in [6, 6.07) is 4.86. The molecule has 2 rings (SSSR count). The highest BCUT2D eigenvalue weighted by molar-refractivity contribution is 6.45. The molecule has 0 radical (unpaired) electrons. The molecule has 0 saturated carbocycles. The number of hydrogen-bond donors (Lipinski definition) is 1. The highest BCUT2D eigenvalue weighted by Crippen LogP contribution is 2.36. The molecule has 1 aromatic heterocycles. The van der Waals surface area contributed by atoms with Crippen LogP contribution < -0.4 is 0 Å². The molecule has 0 amide bonds. The van der Waals surface area contributed by atoms with Crippen LogP contribution in [0, 0.1) is 0 Å². The number of aliphatic hydroxyl groups excluding tert-OH is 1. The van der Waals surface area contributed by atoms with E-state index in [0.29, 0.717) is 36.9 Å². The van der Waals surface area contributed by atoms with E-state index in [4.69, 9.17) is 46.4 Å². The summed E-state index contributed by atoms with van der Waals surface area (Å²) in [7, 11) is 0. The third kappa shape index (κ3) is 2.73. The van der Waals surface area contributed by atoms with Gasteiger partial charge in [0.1, 0.15) is 0 Å². The molecule has 6 heteroatoms. The molecule has 1 N–H and O–H groups in total. The SMILES string of the molecule is OCc1cc(-c2cc(Cl)cc(Cl)c2Cl)ncc1Cl. The highest BCUT2D eigenvalue weighted by atomic mass is 35.5. The molecule has 0 aliphatic rings. The zero-order valence-corrected chi connectivity index (χ0v) is 11.9. The van der Waals surface area contributed by atoms with E-state index >= 15 is 0 Å². The lowest BCUT2D eigenvalue weighted by molar-refractivity contribution is 0.282. The number of pyridine rings is 1. The van der Waals surface area contributed by atoms with Crippen LogP contribution in [0.3, 0.4) is 0 Å². The molecular formula is C12H7Cl4NO. The average molecular weight is 323 g/mol. The summed E-state index contributed by atoms with van der Waals surface area (Å²) in [5.41, 5.74) is 1.72. The topological polar surface area (TPSA) is 33.1 Å². The molecule has 2 nitrogen and oxygen atoms in total. The third-order valence-corrected chi connectivity index (χ3v) is 3.73. The van der Waals surface area contributed by atoms with Crippen LogP contribution in [-0.4, -0.2) is 10.1 Å². The van der Waals surface area contributed by atoms with Crippen LogP contribution in [0.5, 0.6) is 0 Å². The van der Waals surface area contributed by atoms with Crippen molar-refractivity contribution in [2.75, 3.05) is 0 Å². The zero-order valence-electron chi connectivity index (χ0n) is 8.92. The van der Waals surface area contributed by atoms with Gasteiger partial charge in [-0.1, -0.05) is 46.4 Å². The highest BCUT2D eigenvalue weighted by Gasteiger charge is 2.12. The fraction of sp³-hybridized carbons (Fsp3) is 0.0833. The van der Waals surface area contributed by atoms with Crippen molar-refractivity contribution in [3.63, 3.8) is 0 Å². The van der Waals surface area contributed by atoms with Crippen LogP contribution in [0.2, 0.25) is 20.1 Å². The van der Waals surface area contributed by atoms with Gasteiger partial charge in [0.15, 0.2) is 0 Å². The van der Waals surface area contributed by atoms with E-state index in [0.717, 1.165) is 0 Å². The van der Waals surface area contributed by atoms with Crippen molar-refractivity contribution in [3.8, 4) is 11.3 Å². The third-order valence-electron chi connectivity index (χ3n) is 2.37. The fourth-order valence-electron chi connectivity index (χ4n) is 1.49. The molecule has 0 atom stereocenters. The van der Waals surface area contributed by atoms with Gasteiger partial charge >= 0.3 is 0 Å². The predicted molar refractivity (Wildman–Crippen MR) is 75.6 cm³/mol. The number of aliphatic hydroxyl groups is 1. The molecule has 1 aromatic carbocycles. The van der Waals surface area contributed by atoms with Crippen molar-refractivity contribution < 1.29 is 5.11 Å². The Balaban J connectivity index is 2.62. The number of hydrogen-bond acceptors (Lipinski definition) is 2. The van der Waals surface area contributed by atoms with E-state index in [1.165, 1.54) is 6.20 Å². The summed E-state index contributed by atoms with van der Waals surface area (Å²) >= 11 is 23.9. The van der Waals surface area contributed by atoms with Crippen molar-refractivity contribution in [2.24, 2.45) is 0 Å². The van der Waals surface area contributed by atoms with Crippen molar-refractivity contribution in [1.82, 2.24) is 4.98 Å². The molecular weight excluding hydrogens is 316 g/mol. The lowest BCUT2D eigenvalue weighted by Gasteiger charge is -2.08. The number of benzene rings is 1. The second kappa shape index (κ2) is 5.64. The standard InChI is InChI=1S/C12H7Cl4NO/c13-7-2-8(12(16)9(14)3-7)11-1-6(5-18)10(15)4-17-11/h1-4,18H,5H2. The quantitative estimate of drug-likeness (QED) is 0.801. The maximum Gasteiger partial charge on any atom is 0.0722 e. The van der Waals surface area contributed by atoms with Gasteiger partial charge in [0.25, 0.3) is 0 Å². The van der Waals surface area contributed by atoms with E-state index in [2.05, 4.69) is 4.98 Å². The number of halogens is 4. The van der Waals surface area contributed by atoms with E-state index in [1.807, 2.05) is 0 Å². The number of rotatable bonds is 2. The van der Waals surface area contributed by atoms with E-state index < -0.39 is 0 Å². The second-order valence-corrected chi connectivity index (χ2v) is 5.20. The Morgan fingerprint density at radius 1 is 1.00 bits per heavy atom. The lowest BCUT2D eigenvalue weighted by Crippen LogP contribution is -1.91. The van der Waals surface area contributed by atoms with Gasteiger partial charge in [0.05, 0.1) is 27.4 Å². The summed E-state index contributed by atoms with van der Waals surface area (Å²) in [5, 5.41) is 10.7. The van der Waals surface area contributed by atoms with E-state index in [1.54, 1.807) is 18.2 Å². The van der Waals surface area contributed by atoms with Crippen LogP contribution in [0.1, 0.15) is 5.56 Å². The minimum atomic E-state index is -0.180. The van der Waals surface area contributed by atoms with Crippen molar-refractivity contribution in [3.05, 3.63) is 50.0 Å². The number of nitrogens with zero attached hydrogens (tertiary/aromatic N) is 1. The van der Waals surface area contributed by atoms with Gasteiger partial charge in [-0.3, -0.25) is 4.98 Å². The molecule has 0 saturated heterocycles. The molecule has 2 aromatic rings. The summed E-state index contributed by atoms with van der Waals surface area (Å²) in [5.74, 6) is 0. The van der Waals surface area contributed by atoms with Crippen LogP contribution in [0.4, 0.5) is 0 Å². The van der Waals surface area contributed by atoms with Crippen molar-refractivity contribution in [2.45, 2.75) is 6.61 Å². The second-order valence-electron chi connectivity index (χ2n) is 3.57. The van der Waals surface area contributed by atoms with Crippen molar-refractivity contribution >= 4 is 46.4 Å². The summed E-state index contributed by atoms with van der Waals surface area (Å²) in [6.07, 6.45) is 1.45. The molecule has 0 unspecified atom stereocenters. The minimum Gasteiger partial charge on any atom is -0.392 e. The summed E-state index contributed by atoms with van der Waals surface area (Å²) in [4.78, 5) is 4.16. The molecule has 1 heterocycles. The Morgan fingerprint density at radius 2 is 1.72 bits per heavy atom. The molecule has 94 valence electrons. The maximum absolute atomic E-state index is 9.17. The smallest absolute Gasteiger partial charge is 0.0722 e. The van der Waals surface area contributed by atoms with Gasteiger partial charge < -0.3 is 5.11 Å². The normalized spacial score (nSPS) is 10.7. The first-order valence-corrected chi connectivity index (χ1v) is 6.44. The Labute approximate surface area is 124 Å². The van der Waals surface area contributed by atoms with Gasteiger partial charge in [-0.15, -0.1) is 0 Å². The van der Waals surface area contributed by atoms with Gasteiger partial charge in [-0.25, -0.2) is 0 Å². The van der Waals surface area contributed by atoms with E-state index in [9.17, 15) is 5.11 Å². The Bertz CT molecular complexity index is 601. The zero-order chi connectivity index (χ0) is 13.3. The Morgan fingerprint density at radius 3 is 2.39 bits per heavy atom. The minimum absolute atomic E-state index is 0.180. The van der Waals surface area contributed by atoms with Gasteiger partial charge in [0, 0.05) is 16.8 Å². The van der Waals surface area contributed by atoms with Crippen molar-refractivity contribution in [1.29, 1.82) is 0 Å². The molecule has 0 aliphatic heterocycles. The first-order chi connectivity index (χ1) is 8.52. The fourth-order valence-corrected chi connectivity index (χ4v) is 2.35. The maximum atomic E-state index is 9.17. The average Bonchev–Trinajstić information content (AvgIpc) is 2.34. The Hall–Kier alpha value is -0.510.